The molecule has 1 aromatic carbocycles. The van der Waals surface area contributed by atoms with Crippen molar-refractivity contribution in [3.63, 3.8) is 0 Å². The summed E-state index contributed by atoms with van der Waals surface area (Å²) in [6.45, 7) is 7.39. The average Bonchev–Trinajstić information content (AvgIpc) is 3.02. The van der Waals surface area contributed by atoms with Crippen LogP contribution in [0.4, 0.5) is 42.1 Å². The minimum atomic E-state index is -5.08. The number of nitrogens with zero attached hydrogens (tertiary/aromatic N) is 7. The summed E-state index contributed by atoms with van der Waals surface area (Å²) in [5.41, 5.74) is 3.64. The molecule has 0 bridgehead atoms. The van der Waals surface area contributed by atoms with Crippen LogP contribution in [0, 0.1) is 6.92 Å². The van der Waals surface area contributed by atoms with Crippen LogP contribution in [-0.2, 0) is 9.36 Å². The van der Waals surface area contributed by atoms with Crippen molar-refractivity contribution in [1.29, 1.82) is 0 Å². The molecule has 18 heteroatoms. The predicted molar refractivity (Wildman–Crippen MR) is 183 cm³/mol. The second-order valence-electron chi connectivity index (χ2n) is 11.5. The Labute approximate surface area is 283 Å². The van der Waals surface area contributed by atoms with Gasteiger partial charge in [-0.1, -0.05) is 0 Å². The number of ether oxygens (including phenoxy) is 1. The van der Waals surface area contributed by atoms with Gasteiger partial charge in [0.1, 0.15) is 30.0 Å². The van der Waals surface area contributed by atoms with E-state index in [1.54, 1.807) is 39.0 Å². The first-order chi connectivity index (χ1) is 22.5. The number of nitrogens with one attached hydrogen (secondary N) is 2. The molecule has 4 aromatic rings. The van der Waals surface area contributed by atoms with E-state index in [-0.39, 0.29) is 0 Å². The van der Waals surface area contributed by atoms with Crippen molar-refractivity contribution in [2.24, 2.45) is 0 Å². The SMILES string of the molecule is COc1nc(N2CCC(N(C)C)CC2)c(C)cc1Nc1ncc(Br)c(Nc2ccc3nccnc3c2P(C)(C)=O)n1.O=C(O)C(F)(F)F. The zero-order chi connectivity index (χ0) is 35.4. The number of rotatable bonds is 8. The van der Waals surface area contributed by atoms with E-state index in [4.69, 9.17) is 24.6 Å². The summed E-state index contributed by atoms with van der Waals surface area (Å²) in [4.78, 5) is 36.4. The number of alkyl halides is 3. The Morgan fingerprint density at radius 2 is 1.73 bits per heavy atom. The number of methoxy groups -OCH3 is 1. The molecule has 0 aliphatic carbocycles. The molecule has 48 heavy (non-hydrogen) atoms. The molecule has 4 heterocycles. The van der Waals surface area contributed by atoms with Gasteiger partial charge in [0.2, 0.25) is 11.8 Å². The van der Waals surface area contributed by atoms with Gasteiger partial charge in [0.15, 0.2) is 0 Å². The zero-order valence-electron chi connectivity index (χ0n) is 27.1. The van der Waals surface area contributed by atoms with E-state index >= 15 is 0 Å². The molecule has 1 aliphatic rings. The number of aryl methyl sites for hydroxylation is 1. The van der Waals surface area contributed by atoms with Crippen LogP contribution in [0.25, 0.3) is 11.0 Å². The summed E-state index contributed by atoms with van der Waals surface area (Å²) in [7, 11) is 3.16. The van der Waals surface area contributed by atoms with Gasteiger partial charge < -0.3 is 34.8 Å². The van der Waals surface area contributed by atoms with Crippen molar-refractivity contribution >= 4 is 74.3 Å². The molecule has 3 aromatic heterocycles. The van der Waals surface area contributed by atoms with Crippen molar-refractivity contribution in [3.05, 3.63) is 46.8 Å². The molecule has 0 saturated carbocycles. The van der Waals surface area contributed by atoms with Crippen molar-refractivity contribution in [3.8, 4) is 5.88 Å². The maximum absolute atomic E-state index is 13.3. The quantitative estimate of drug-likeness (QED) is 0.186. The van der Waals surface area contributed by atoms with Crippen LogP contribution >= 0.6 is 23.1 Å². The number of fused-ring (bicyclic) bond motifs is 1. The average molecular weight is 755 g/mol. The fourth-order valence-electron chi connectivity index (χ4n) is 5.18. The lowest BCUT2D eigenvalue weighted by atomic mass is 10.0. The first-order valence-corrected chi connectivity index (χ1v) is 18.0. The molecule has 0 atom stereocenters. The molecule has 0 unspecified atom stereocenters. The lowest BCUT2D eigenvalue weighted by Gasteiger charge is -2.36. The van der Waals surface area contributed by atoms with Gasteiger partial charge in [-0.2, -0.15) is 23.1 Å². The molecule has 1 aliphatic heterocycles. The number of carboxylic acid groups (broad SMARTS) is 1. The Morgan fingerprint density at radius 1 is 1.08 bits per heavy atom. The molecule has 1 saturated heterocycles. The van der Waals surface area contributed by atoms with Gasteiger partial charge in [-0.05, 0) is 86.9 Å². The molecular weight excluding hydrogens is 718 g/mol. The first-order valence-electron chi connectivity index (χ1n) is 14.6. The van der Waals surface area contributed by atoms with Crippen LogP contribution in [-0.4, -0.2) is 101 Å². The van der Waals surface area contributed by atoms with Gasteiger partial charge in [-0.15, -0.1) is 0 Å². The molecule has 0 radical (unpaired) electrons. The van der Waals surface area contributed by atoms with Gasteiger partial charge >= 0.3 is 12.1 Å². The number of piperidine rings is 1. The normalized spacial score (nSPS) is 14.0. The van der Waals surface area contributed by atoms with Gasteiger partial charge in [0.05, 0.1) is 28.1 Å². The Kier molecular flexibility index (Phi) is 11.5. The zero-order valence-corrected chi connectivity index (χ0v) is 29.6. The fraction of sp³-hybridized carbons (Fsp3) is 0.400. The summed E-state index contributed by atoms with van der Waals surface area (Å²) in [5.74, 6) is -0.501. The van der Waals surface area contributed by atoms with E-state index < -0.39 is 19.3 Å². The third-order valence-electron chi connectivity index (χ3n) is 7.48. The minimum Gasteiger partial charge on any atom is -0.479 e. The lowest BCUT2D eigenvalue weighted by Crippen LogP contribution is -2.42. The van der Waals surface area contributed by atoms with Crippen LogP contribution in [0.3, 0.4) is 0 Å². The number of aliphatic carboxylic acids is 1. The van der Waals surface area contributed by atoms with Crippen LogP contribution in [0.2, 0.25) is 0 Å². The smallest absolute Gasteiger partial charge is 0.479 e. The maximum atomic E-state index is 13.3. The number of halogens is 4. The summed E-state index contributed by atoms with van der Waals surface area (Å²) in [6, 6.07) is 6.31. The maximum Gasteiger partial charge on any atom is 0.490 e. The van der Waals surface area contributed by atoms with Crippen molar-refractivity contribution in [1.82, 2.24) is 29.8 Å². The summed E-state index contributed by atoms with van der Waals surface area (Å²) in [5, 5.41) is 14.4. The second kappa shape index (κ2) is 15.0. The van der Waals surface area contributed by atoms with Crippen LogP contribution in [0.5, 0.6) is 5.88 Å². The number of anilines is 5. The topological polar surface area (TPSA) is 159 Å². The van der Waals surface area contributed by atoms with Gasteiger partial charge in [-0.3, -0.25) is 9.97 Å². The highest BCUT2D eigenvalue weighted by molar-refractivity contribution is 9.10. The highest BCUT2D eigenvalue weighted by Crippen LogP contribution is 2.41. The van der Waals surface area contributed by atoms with Crippen LogP contribution in [0.1, 0.15) is 18.4 Å². The Bertz CT molecular complexity index is 1830. The van der Waals surface area contributed by atoms with E-state index in [1.165, 1.54) is 0 Å². The first kappa shape index (κ1) is 36.8. The van der Waals surface area contributed by atoms with E-state index in [2.05, 4.69) is 72.3 Å². The van der Waals surface area contributed by atoms with Crippen molar-refractivity contribution in [2.75, 3.05) is 63.2 Å². The van der Waals surface area contributed by atoms with E-state index in [0.717, 1.165) is 37.3 Å². The molecule has 1 fully saturated rings. The van der Waals surface area contributed by atoms with Gasteiger partial charge in [-0.25, -0.2) is 9.78 Å². The van der Waals surface area contributed by atoms with Gasteiger partial charge in [0, 0.05) is 37.7 Å². The summed E-state index contributed by atoms with van der Waals surface area (Å²) >= 11 is 3.55. The number of hydrogen-bond donors (Lipinski definition) is 3. The number of aromatic nitrogens is 5. The Hall–Kier alpha value is -4.08. The second-order valence-corrected chi connectivity index (χ2v) is 15.6. The van der Waals surface area contributed by atoms with E-state index in [0.29, 0.717) is 55.9 Å². The van der Waals surface area contributed by atoms with Crippen LogP contribution < -0.4 is 25.6 Å². The standard InChI is InChI=1S/C28H35BrN9O2P.C2HF3O2/c1-17-15-22(27(40-4)36-26(17)38-13-9-18(10-14-38)37(2)3)34-28-32-16-19(29)25(35-28)33-21-8-7-20-23(31-12-11-30-20)24(21)41(5,6)39;3-2(4,5)1(6)7/h7-8,11-12,15-16,18H,9-10,13-14H2,1-6H3,(H2,32,33,34,35);(H,6,7). The summed E-state index contributed by atoms with van der Waals surface area (Å²) < 4.78 is 51.4. The molecule has 0 amide bonds. The number of benzene rings is 1. The molecule has 3 N–H and O–H groups in total. The Balaban J connectivity index is 0.000000671. The molecule has 258 valence electrons. The van der Waals surface area contributed by atoms with Crippen LogP contribution in [0.15, 0.2) is 41.3 Å². The molecule has 13 nitrogen and oxygen atoms in total. The van der Waals surface area contributed by atoms with E-state index in [9.17, 15) is 17.7 Å². The fourth-order valence-corrected chi connectivity index (χ4v) is 6.86. The summed E-state index contributed by atoms with van der Waals surface area (Å²) in [6.07, 6.45) is 1.99. The largest absolute Gasteiger partial charge is 0.490 e. The molecular formula is C30H36BrF3N9O4P. The monoisotopic (exact) mass is 753 g/mol. The third-order valence-corrected chi connectivity index (χ3v) is 9.59. The number of carboxylic acids is 1. The Morgan fingerprint density at radius 3 is 2.31 bits per heavy atom. The minimum absolute atomic E-state index is 0.355. The van der Waals surface area contributed by atoms with E-state index in [1.807, 2.05) is 18.2 Å². The highest BCUT2D eigenvalue weighted by Gasteiger charge is 2.38. The van der Waals surface area contributed by atoms with Crippen molar-refractivity contribution < 1.29 is 32.4 Å². The molecule has 5 rings (SSSR count). The predicted octanol–water partition coefficient (Wildman–Crippen LogP) is 5.79. The van der Waals surface area contributed by atoms with Crippen molar-refractivity contribution in [2.45, 2.75) is 32.0 Å². The van der Waals surface area contributed by atoms with Gasteiger partial charge in [0.25, 0.3) is 0 Å². The number of hydrogen-bond acceptors (Lipinski definition) is 12. The number of carbonyl (C=O) groups is 1. The number of pyridine rings is 1. The highest BCUT2D eigenvalue weighted by atomic mass is 79.9. The third kappa shape index (κ3) is 8.88. The lowest BCUT2D eigenvalue weighted by molar-refractivity contribution is -0.192. The molecule has 0 spiro atoms.